The van der Waals surface area contributed by atoms with Gasteiger partial charge in [-0.1, -0.05) is 19.9 Å². The van der Waals surface area contributed by atoms with Crippen molar-refractivity contribution in [2.45, 2.75) is 39.7 Å². The highest BCUT2D eigenvalue weighted by Crippen LogP contribution is 2.32. The summed E-state index contributed by atoms with van der Waals surface area (Å²) in [5, 5.41) is 7.76. The maximum atomic E-state index is 12.9. The molecule has 1 aromatic heterocycles. The smallest absolute Gasteiger partial charge is 0.239 e. The first-order valence-corrected chi connectivity index (χ1v) is 11.4. The first kappa shape index (κ1) is 23.5. The minimum absolute atomic E-state index is 0.00498. The van der Waals surface area contributed by atoms with Crippen LogP contribution in [0, 0.1) is 5.92 Å². The molecule has 32 heavy (non-hydrogen) atoms. The molecule has 0 fully saturated rings. The van der Waals surface area contributed by atoms with Crippen LogP contribution in [0.1, 0.15) is 38.7 Å². The summed E-state index contributed by atoms with van der Waals surface area (Å²) < 4.78 is 10.7. The normalized spacial score (nSPS) is 12.0. The SMILES string of the molecule is CC(C)CCNC(=O)CN(Cc1ccc2c(c1)OCO2)C(=O)CCC(=O)Nc1nccs1. The quantitative estimate of drug-likeness (QED) is 0.534. The van der Waals surface area contributed by atoms with E-state index in [0.717, 1.165) is 12.0 Å². The van der Waals surface area contributed by atoms with Crippen molar-refractivity contribution in [2.75, 3.05) is 25.2 Å². The molecule has 9 nitrogen and oxygen atoms in total. The highest BCUT2D eigenvalue weighted by Gasteiger charge is 2.21. The van der Waals surface area contributed by atoms with E-state index in [-0.39, 0.29) is 50.4 Å². The Kier molecular flexibility index (Phi) is 8.43. The average Bonchev–Trinajstić information content (AvgIpc) is 3.42. The molecule has 1 aliphatic heterocycles. The van der Waals surface area contributed by atoms with Gasteiger partial charge in [0.2, 0.25) is 24.5 Å². The zero-order valence-electron chi connectivity index (χ0n) is 18.3. The Morgan fingerprint density at radius 2 is 1.97 bits per heavy atom. The Morgan fingerprint density at radius 1 is 1.16 bits per heavy atom. The van der Waals surface area contributed by atoms with E-state index in [9.17, 15) is 14.4 Å². The number of amides is 3. The summed E-state index contributed by atoms with van der Waals surface area (Å²) in [4.78, 5) is 42.9. The third kappa shape index (κ3) is 7.23. The van der Waals surface area contributed by atoms with Crippen molar-refractivity contribution in [2.24, 2.45) is 5.92 Å². The maximum absolute atomic E-state index is 12.9. The molecule has 0 saturated heterocycles. The number of hydrogen-bond donors (Lipinski definition) is 2. The van der Waals surface area contributed by atoms with Crippen LogP contribution in [0.25, 0.3) is 0 Å². The van der Waals surface area contributed by atoms with Crippen LogP contribution in [-0.2, 0) is 20.9 Å². The summed E-state index contributed by atoms with van der Waals surface area (Å²) >= 11 is 1.31. The summed E-state index contributed by atoms with van der Waals surface area (Å²) in [6, 6.07) is 5.42. The predicted molar refractivity (Wildman–Crippen MR) is 120 cm³/mol. The number of aromatic nitrogens is 1. The van der Waals surface area contributed by atoms with Crippen molar-refractivity contribution in [3.63, 3.8) is 0 Å². The second-order valence-electron chi connectivity index (χ2n) is 7.86. The van der Waals surface area contributed by atoms with Gasteiger partial charge in [0.1, 0.15) is 0 Å². The second-order valence-corrected chi connectivity index (χ2v) is 8.75. The first-order valence-electron chi connectivity index (χ1n) is 10.5. The number of anilines is 1. The number of rotatable bonds is 11. The van der Waals surface area contributed by atoms with E-state index in [1.54, 1.807) is 23.7 Å². The van der Waals surface area contributed by atoms with Gasteiger partial charge in [0.05, 0.1) is 6.54 Å². The summed E-state index contributed by atoms with van der Waals surface area (Å²) in [5.74, 6) is 0.926. The van der Waals surface area contributed by atoms with Gasteiger partial charge in [0.25, 0.3) is 0 Å². The molecule has 0 unspecified atom stereocenters. The van der Waals surface area contributed by atoms with Crippen LogP contribution in [0.4, 0.5) is 5.13 Å². The van der Waals surface area contributed by atoms with Crippen LogP contribution >= 0.6 is 11.3 Å². The number of thiazole rings is 1. The van der Waals surface area contributed by atoms with Crippen molar-refractivity contribution in [1.82, 2.24) is 15.2 Å². The van der Waals surface area contributed by atoms with E-state index in [1.807, 2.05) is 6.07 Å². The molecule has 2 N–H and O–H groups in total. The minimum Gasteiger partial charge on any atom is -0.454 e. The Hall–Kier alpha value is -3.14. The molecule has 3 rings (SSSR count). The predicted octanol–water partition coefficient (Wildman–Crippen LogP) is 2.78. The Bertz CT molecular complexity index is 932. The summed E-state index contributed by atoms with van der Waals surface area (Å²) in [6.07, 6.45) is 2.45. The highest BCUT2D eigenvalue weighted by molar-refractivity contribution is 7.13. The van der Waals surface area contributed by atoms with E-state index >= 15 is 0 Å². The number of nitrogens with one attached hydrogen (secondary N) is 2. The number of ether oxygens (including phenoxy) is 2. The molecule has 0 spiro atoms. The standard InChI is InChI=1S/C22H28N4O5S/c1-15(2)7-8-23-20(28)13-26(12-16-3-4-17-18(11-16)31-14-30-17)21(29)6-5-19(27)25-22-24-9-10-32-22/h3-4,9-11,15H,5-8,12-14H2,1-2H3,(H,23,28)(H,24,25,27). The molecule has 2 aromatic rings. The molecule has 172 valence electrons. The third-order valence-electron chi connectivity index (χ3n) is 4.79. The van der Waals surface area contributed by atoms with E-state index in [4.69, 9.17) is 9.47 Å². The van der Waals surface area contributed by atoms with E-state index in [1.165, 1.54) is 16.2 Å². The van der Waals surface area contributed by atoms with Crippen molar-refractivity contribution < 1.29 is 23.9 Å². The van der Waals surface area contributed by atoms with Crippen LogP contribution in [0.3, 0.4) is 0 Å². The van der Waals surface area contributed by atoms with E-state index < -0.39 is 0 Å². The Labute approximate surface area is 191 Å². The van der Waals surface area contributed by atoms with E-state index in [2.05, 4.69) is 29.5 Å². The van der Waals surface area contributed by atoms with Gasteiger partial charge in [-0.15, -0.1) is 11.3 Å². The fourth-order valence-electron chi connectivity index (χ4n) is 3.07. The highest BCUT2D eigenvalue weighted by atomic mass is 32.1. The monoisotopic (exact) mass is 460 g/mol. The van der Waals surface area contributed by atoms with Gasteiger partial charge in [0.15, 0.2) is 16.6 Å². The van der Waals surface area contributed by atoms with Gasteiger partial charge in [-0.25, -0.2) is 4.98 Å². The summed E-state index contributed by atoms with van der Waals surface area (Å²) in [5.41, 5.74) is 0.810. The molecule has 3 amide bonds. The third-order valence-corrected chi connectivity index (χ3v) is 5.47. The number of hydrogen-bond acceptors (Lipinski definition) is 7. The molecule has 0 bridgehead atoms. The molecule has 10 heteroatoms. The summed E-state index contributed by atoms with van der Waals surface area (Å²) in [6.45, 7) is 5.02. The van der Waals surface area contributed by atoms with Gasteiger partial charge in [-0.3, -0.25) is 14.4 Å². The van der Waals surface area contributed by atoms with Crippen LogP contribution in [0.15, 0.2) is 29.8 Å². The Morgan fingerprint density at radius 3 is 2.72 bits per heavy atom. The molecular weight excluding hydrogens is 432 g/mol. The van der Waals surface area contributed by atoms with Crippen LogP contribution in [0.2, 0.25) is 0 Å². The summed E-state index contributed by atoms with van der Waals surface area (Å²) in [7, 11) is 0. The van der Waals surface area contributed by atoms with Crippen LogP contribution < -0.4 is 20.1 Å². The lowest BCUT2D eigenvalue weighted by Crippen LogP contribution is -2.41. The molecule has 0 aliphatic carbocycles. The van der Waals surface area contributed by atoms with Crippen LogP contribution in [-0.4, -0.2) is 47.5 Å². The van der Waals surface area contributed by atoms with Crippen molar-refractivity contribution in [3.05, 3.63) is 35.3 Å². The lowest BCUT2D eigenvalue weighted by atomic mass is 10.1. The van der Waals surface area contributed by atoms with Gasteiger partial charge in [0, 0.05) is 37.5 Å². The topological polar surface area (TPSA) is 110 Å². The number of carbonyl (C=O) groups excluding carboxylic acids is 3. The maximum Gasteiger partial charge on any atom is 0.239 e. The zero-order valence-corrected chi connectivity index (χ0v) is 19.1. The van der Waals surface area contributed by atoms with Crippen molar-refractivity contribution in [1.29, 1.82) is 0 Å². The van der Waals surface area contributed by atoms with Gasteiger partial charge >= 0.3 is 0 Å². The minimum atomic E-state index is -0.294. The molecular formula is C22H28N4O5S. The molecule has 1 aliphatic rings. The number of fused-ring (bicyclic) bond motifs is 1. The van der Waals surface area contributed by atoms with Gasteiger partial charge in [-0.05, 0) is 30.0 Å². The van der Waals surface area contributed by atoms with Gasteiger partial charge < -0.3 is 25.0 Å². The fourth-order valence-corrected chi connectivity index (χ4v) is 3.61. The molecule has 2 heterocycles. The number of benzene rings is 1. The first-order chi connectivity index (χ1) is 15.4. The molecule has 0 radical (unpaired) electrons. The lowest BCUT2D eigenvalue weighted by Gasteiger charge is -2.23. The lowest BCUT2D eigenvalue weighted by molar-refractivity contribution is -0.137. The van der Waals surface area contributed by atoms with Crippen molar-refractivity contribution >= 4 is 34.2 Å². The number of nitrogens with zero attached hydrogens (tertiary/aromatic N) is 2. The zero-order chi connectivity index (χ0) is 22.9. The second kappa shape index (κ2) is 11.5. The van der Waals surface area contributed by atoms with Gasteiger partial charge in [-0.2, -0.15) is 0 Å². The Balaban J connectivity index is 1.60. The average molecular weight is 461 g/mol. The molecule has 1 aromatic carbocycles. The van der Waals surface area contributed by atoms with Crippen molar-refractivity contribution in [3.8, 4) is 11.5 Å². The van der Waals surface area contributed by atoms with E-state index in [0.29, 0.717) is 29.1 Å². The molecule has 0 saturated carbocycles. The fraction of sp³-hybridized carbons (Fsp3) is 0.455. The number of carbonyl (C=O) groups is 3. The molecule has 0 atom stereocenters. The van der Waals surface area contributed by atoms with Crippen LogP contribution in [0.5, 0.6) is 11.5 Å². The largest absolute Gasteiger partial charge is 0.454 e.